The zero-order chi connectivity index (χ0) is 12.5. The van der Waals surface area contributed by atoms with Crippen LogP contribution in [0.3, 0.4) is 0 Å². The monoisotopic (exact) mass is 272 g/mol. The average molecular weight is 273 g/mol. The molecule has 0 saturated carbocycles. The van der Waals surface area contributed by atoms with Crippen LogP contribution in [0.15, 0.2) is 24.3 Å². The number of carbonyl (C=O) groups is 1. The number of halogens is 1. The summed E-state index contributed by atoms with van der Waals surface area (Å²) in [6.07, 6.45) is 2.02. The zero-order valence-corrected chi connectivity index (χ0v) is 11.5. The van der Waals surface area contributed by atoms with Gasteiger partial charge in [-0.15, -0.1) is 12.4 Å². The Hall–Kier alpha value is -1.26. The average Bonchev–Trinajstić information content (AvgIpc) is 2.37. The number of amides is 1. The maximum atomic E-state index is 11.3. The van der Waals surface area contributed by atoms with Crippen LogP contribution in [0.25, 0.3) is 0 Å². The van der Waals surface area contributed by atoms with Crippen LogP contribution >= 0.6 is 12.4 Å². The third kappa shape index (κ3) is 5.89. The number of carbonyl (C=O) groups excluding carboxylic acids is 1. The largest absolute Gasteiger partial charge is 0.496 e. The van der Waals surface area contributed by atoms with Crippen LogP contribution in [0.1, 0.15) is 18.4 Å². The molecule has 0 aromatic heterocycles. The van der Waals surface area contributed by atoms with E-state index in [0.717, 1.165) is 24.2 Å². The van der Waals surface area contributed by atoms with Crippen LogP contribution in [-0.4, -0.2) is 26.1 Å². The van der Waals surface area contributed by atoms with Crippen molar-refractivity contribution in [2.24, 2.45) is 5.73 Å². The highest BCUT2D eigenvalue weighted by molar-refractivity contribution is 5.85. The van der Waals surface area contributed by atoms with E-state index in [1.165, 1.54) is 0 Å². The molecule has 0 unspecified atom stereocenters. The van der Waals surface area contributed by atoms with Gasteiger partial charge in [-0.05, 0) is 31.0 Å². The Labute approximate surface area is 114 Å². The standard InChI is InChI=1S/C13H20N2O2.ClH/c1-17-12-6-3-2-5-11(12)8-10-15-13(16)7-4-9-14;/h2-3,5-6H,4,7-10,14H2,1H3,(H,15,16);1H. The highest BCUT2D eigenvalue weighted by Gasteiger charge is 2.03. The van der Waals surface area contributed by atoms with Crippen LogP contribution in [0, 0.1) is 0 Å². The van der Waals surface area contributed by atoms with E-state index in [2.05, 4.69) is 5.32 Å². The topological polar surface area (TPSA) is 64.3 Å². The molecular weight excluding hydrogens is 252 g/mol. The summed E-state index contributed by atoms with van der Waals surface area (Å²) in [5.74, 6) is 0.925. The second-order valence-electron chi connectivity index (χ2n) is 3.80. The summed E-state index contributed by atoms with van der Waals surface area (Å²) >= 11 is 0. The Bertz CT molecular complexity index is 359. The van der Waals surface area contributed by atoms with Crippen molar-refractivity contribution in [1.29, 1.82) is 0 Å². The number of rotatable bonds is 7. The molecule has 1 aromatic carbocycles. The SMILES string of the molecule is COc1ccccc1CCNC(=O)CCCN.Cl. The van der Waals surface area contributed by atoms with Gasteiger partial charge in [0.25, 0.3) is 0 Å². The summed E-state index contributed by atoms with van der Waals surface area (Å²) in [6.45, 7) is 1.18. The van der Waals surface area contributed by atoms with Crippen molar-refractivity contribution in [3.63, 3.8) is 0 Å². The molecule has 1 amide bonds. The first-order chi connectivity index (χ1) is 8.27. The predicted molar refractivity (Wildman–Crippen MR) is 75.2 cm³/mol. The summed E-state index contributed by atoms with van der Waals surface area (Å²) in [5, 5.41) is 2.87. The van der Waals surface area contributed by atoms with Gasteiger partial charge >= 0.3 is 0 Å². The number of methoxy groups -OCH3 is 1. The molecule has 0 aliphatic rings. The molecule has 0 saturated heterocycles. The van der Waals surface area contributed by atoms with Crippen LogP contribution in [-0.2, 0) is 11.2 Å². The fraction of sp³-hybridized carbons (Fsp3) is 0.462. The van der Waals surface area contributed by atoms with Crippen LogP contribution < -0.4 is 15.8 Å². The number of nitrogens with one attached hydrogen (secondary N) is 1. The van der Waals surface area contributed by atoms with Gasteiger partial charge in [-0.25, -0.2) is 0 Å². The molecule has 5 heteroatoms. The van der Waals surface area contributed by atoms with Crippen molar-refractivity contribution in [2.75, 3.05) is 20.2 Å². The number of benzene rings is 1. The van der Waals surface area contributed by atoms with E-state index >= 15 is 0 Å². The fourth-order valence-corrected chi connectivity index (χ4v) is 1.60. The van der Waals surface area contributed by atoms with Gasteiger partial charge in [0.15, 0.2) is 0 Å². The van der Waals surface area contributed by atoms with Gasteiger partial charge in [0, 0.05) is 13.0 Å². The van der Waals surface area contributed by atoms with Gasteiger partial charge in [-0.3, -0.25) is 4.79 Å². The minimum absolute atomic E-state index is 0. The van der Waals surface area contributed by atoms with E-state index in [-0.39, 0.29) is 18.3 Å². The minimum atomic E-state index is 0. The number of hydrogen-bond acceptors (Lipinski definition) is 3. The summed E-state index contributed by atoms with van der Waals surface area (Å²) < 4.78 is 5.24. The predicted octanol–water partition coefficient (Wildman–Crippen LogP) is 1.51. The van der Waals surface area contributed by atoms with E-state index in [1.54, 1.807) is 7.11 Å². The Morgan fingerprint density at radius 3 is 2.78 bits per heavy atom. The molecule has 4 nitrogen and oxygen atoms in total. The molecule has 0 fully saturated rings. The molecule has 3 N–H and O–H groups in total. The maximum Gasteiger partial charge on any atom is 0.220 e. The first-order valence-corrected chi connectivity index (χ1v) is 5.86. The van der Waals surface area contributed by atoms with Crippen LogP contribution in [0.5, 0.6) is 5.75 Å². The highest BCUT2D eigenvalue weighted by atomic mass is 35.5. The first kappa shape index (κ1) is 16.7. The van der Waals surface area contributed by atoms with Crippen molar-refractivity contribution in [3.8, 4) is 5.75 Å². The van der Waals surface area contributed by atoms with Gasteiger partial charge < -0.3 is 15.8 Å². The summed E-state index contributed by atoms with van der Waals surface area (Å²) in [7, 11) is 1.65. The maximum absolute atomic E-state index is 11.3. The number of hydrogen-bond donors (Lipinski definition) is 2. The van der Waals surface area contributed by atoms with Gasteiger partial charge in [-0.2, -0.15) is 0 Å². The molecule has 0 aliphatic carbocycles. The molecule has 1 aromatic rings. The van der Waals surface area contributed by atoms with E-state index in [4.69, 9.17) is 10.5 Å². The lowest BCUT2D eigenvalue weighted by atomic mass is 10.1. The van der Waals surface area contributed by atoms with Crippen molar-refractivity contribution in [3.05, 3.63) is 29.8 Å². The number of ether oxygens (including phenoxy) is 1. The summed E-state index contributed by atoms with van der Waals surface area (Å²) in [4.78, 5) is 11.3. The smallest absolute Gasteiger partial charge is 0.220 e. The lowest BCUT2D eigenvalue weighted by molar-refractivity contribution is -0.121. The summed E-state index contributed by atoms with van der Waals surface area (Å²) in [5.41, 5.74) is 6.44. The molecule has 0 atom stereocenters. The normalized spacial score (nSPS) is 9.44. The molecule has 18 heavy (non-hydrogen) atoms. The number of nitrogens with two attached hydrogens (primary N) is 1. The first-order valence-electron chi connectivity index (χ1n) is 5.86. The Morgan fingerprint density at radius 2 is 2.11 bits per heavy atom. The minimum Gasteiger partial charge on any atom is -0.496 e. The van der Waals surface area contributed by atoms with E-state index < -0.39 is 0 Å². The third-order valence-electron chi connectivity index (χ3n) is 2.52. The van der Waals surface area contributed by atoms with Gasteiger partial charge in [0.2, 0.25) is 5.91 Å². The van der Waals surface area contributed by atoms with Crippen molar-refractivity contribution >= 4 is 18.3 Å². The van der Waals surface area contributed by atoms with E-state index in [1.807, 2.05) is 24.3 Å². The Morgan fingerprint density at radius 1 is 1.39 bits per heavy atom. The zero-order valence-electron chi connectivity index (χ0n) is 10.6. The van der Waals surface area contributed by atoms with Crippen molar-refractivity contribution in [2.45, 2.75) is 19.3 Å². The van der Waals surface area contributed by atoms with E-state index in [9.17, 15) is 4.79 Å². The Balaban J connectivity index is 0.00000289. The molecule has 0 bridgehead atoms. The fourth-order valence-electron chi connectivity index (χ4n) is 1.60. The molecule has 0 spiro atoms. The lowest BCUT2D eigenvalue weighted by Crippen LogP contribution is -2.26. The van der Waals surface area contributed by atoms with E-state index in [0.29, 0.717) is 19.5 Å². The lowest BCUT2D eigenvalue weighted by Gasteiger charge is -2.08. The molecule has 0 aliphatic heterocycles. The molecule has 0 heterocycles. The van der Waals surface area contributed by atoms with Crippen LogP contribution in [0.4, 0.5) is 0 Å². The van der Waals surface area contributed by atoms with Crippen molar-refractivity contribution < 1.29 is 9.53 Å². The van der Waals surface area contributed by atoms with Crippen LogP contribution in [0.2, 0.25) is 0 Å². The van der Waals surface area contributed by atoms with Crippen molar-refractivity contribution in [1.82, 2.24) is 5.32 Å². The Kier molecular flexibility index (Phi) is 9.06. The van der Waals surface area contributed by atoms with Gasteiger partial charge in [-0.1, -0.05) is 18.2 Å². The summed E-state index contributed by atoms with van der Waals surface area (Å²) in [6, 6.07) is 7.83. The molecule has 1 rings (SSSR count). The quantitative estimate of drug-likeness (QED) is 0.791. The second kappa shape index (κ2) is 9.74. The second-order valence-corrected chi connectivity index (χ2v) is 3.80. The van der Waals surface area contributed by atoms with Gasteiger partial charge in [0.05, 0.1) is 7.11 Å². The molecular formula is C13H21ClN2O2. The third-order valence-corrected chi connectivity index (χ3v) is 2.52. The van der Waals surface area contributed by atoms with Gasteiger partial charge in [0.1, 0.15) is 5.75 Å². The molecule has 0 radical (unpaired) electrons. The highest BCUT2D eigenvalue weighted by Crippen LogP contribution is 2.17. The molecule has 102 valence electrons. The number of para-hydroxylation sites is 1.